The first-order chi connectivity index (χ1) is 13.8. The van der Waals surface area contributed by atoms with E-state index in [4.69, 9.17) is 13.9 Å². The van der Waals surface area contributed by atoms with Gasteiger partial charge >= 0.3 is 0 Å². The summed E-state index contributed by atoms with van der Waals surface area (Å²) in [6, 6.07) is 20.3. The number of rotatable bonds is 7. The second-order valence-corrected chi connectivity index (χ2v) is 6.80. The number of amides is 1. The van der Waals surface area contributed by atoms with Crippen molar-refractivity contribution >= 4 is 5.91 Å². The van der Waals surface area contributed by atoms with Crippen LogP contribution in [0.2, 0.25) is 0 Å². The molecule has 1 fully saturated rings. The minimum absolute atomic E-state index is 0.169. The summed E-state index contributed by atoms with van der Waals surface area (Å²) in [4.78, 5) is 12.8. The van der Waals surface area contributed by atoms with E-state index in [-0.39, 0.29) is 18.1 Å². The molecular formula is C23H23NO4. The second-order valence-electron chi connectivity index (χ2n) is 6.80. The number of carbonyl (C=O) groups is 1. The number of nitrogens with one attached hydrogen (secondary N) is 1. The first kappa shape index (κ1) is 18.3. The lowest BCUT2D eigenvalue weighted by Gasteiger charge is -2.17. The molecule has 1 amide bonds. The Morgan fingerprint density at radius 3 is 2.57 bits per heavy atom. The fourth-order valence-electron chi connectivity index (χ4n) is 3.30. The Hall–Kier alpha value is -3.05. The van der Waals surface area contributed by atoms with Crippen LogP contribution in [-0.4, -0.2) is 25.2 Å². The highest BCUT2D eigenvalue weighted by Crippen LogP contribution is 2.23. The van der Waals surface area contributed by atoms with Crippen LogP contribution in [0.3, 0.4) is 0 Å². The van der Waals surface area contributed by atoms with Crippen molar-refractivity contribution in [2.75, 3.05) is 13.2 Å². The van der Waals surface area contributed by atoms with Crippen LogP contribution in [-0.2, 0) is 4.74 Å². The maximum atomic E-state index is 12.8. The number of hydrogen-bond acceptors (Lipinski definition) is 4. The molecule has 5 heteroatoms. The molecule has 2 unspecified atom stereocenters. The van der Waals surface area contributed by atoms with Gasteiger partial charge in [-0.3, -0.25) is 4.79 Å². The third-order valence-electron chi connectivity index (χ3n) is 4.81. The predicted octanol–water partition coefficient (Wildman–Crippen LogP) is 4.36. The van der Waals surface area contributed by atoms with Crippen LogP contribution in [0.1, 0.15) is 40.6 Å². The summed E-state index contributed by atoms with van der Waals surface area (Å²) in [6.07, 6.45) is 3.90. The molecule has 1 saturated heterocycles. The largest absolute Gasteiger partial charge is 0.491 e. The molecule has 28 heavy (non-hydrogen) atoms. The van der Waals surface area contributed by atoms with E-state index in [0.29, 0.717) is 17.9 Å². The van der Waals surface area contributed by atoms with Crippen molar-refractivity contribution < 1.29 is 18.7 Å². The molecule has 1 aromatic heterocycles. The Balaban J connectivity index is 1.42. The third-order valence-corrected chi connectivity index (χ3v) is 4.81. The molecule has 0 bridgehead atoms. The van der Waals surface area contributed by atoms with Crippen molar-refractivity contribution in [1.82, 2.24) is 5.32 Å². The van der Waals surface area contributed by atoms with E-state index in [2.05, 4.69) is 5.32 Å². The molecule has 144 valence electrons. The summed E-state index contributed by atoms with van der Waals surface area (Å²) in [6.45, 7) is 1.35. The SMILES string of the molecule is O=C(NC(c1ccccc1)c1ccco1)c1ccc(OCC2CCCO2)cc1. The van der Waals surface area contributed by atoms with Crippen LogP contribution in [0.15, 0.2) is 77.4 Å². The van der Waals surface area contributed by atoms with Crippen LogP contribution >= 0.6 is 0 Å². The number of hydrogen-bond donors (Lipinski definition) is 1. The fourth-order valence-corrected chi connectivity index (χ4v) is 3.30. The highest BCUT2D eigenvalue weighted by atomic mass is 16.5. The number of furan rings is 1. The van der Waals surface area contributed by atoms with Gasteiger partial charge in [-0.25, -0.2) is 0 Å². The van der Waals surface area contributed by atoms with Gasteiger partial charge in [-0.1, -0.05) is 30.3 Å². The predicted molar refractivity (Wildman–Crippen MR) is 105 cm³/mol. The lowest BCUT2D eigenvalue weighted by molar-refractivity contribution is 0.0679. The highest BCUT2D eigenvalue weighted by molar-refractivity contribution is 5.94. The van der Waals surface area contributed by atoms with Crippen LogP contribution in [0.4, 0.5) is 0 Å². The molecule has 0 spiro atoms. The van der Waals surface area contributed by atoms with Crippen LogP contribution in [0.5, 0.6) is 5.75 Å². The second kappa shape index (κ2) is 8.76. The molecule has 3 aromatic rings. The van der Waals surface area contributed by atoms with Crippen molar-refractivity contribution in [1.29, 1.82) is 0 Å². The van der Waals surface area contributed by atoms with Crippen molar-refractivity contribution in [3.05, 3.63) is 89.9 Å². The van der Waals surface area contributed by atoms with Crippen LogP contribution < -0.4 is 10.1 Å². The van der Waals surface area contributed by atoms with Gasteiger partial charge in [0.25, 0.3) is 5.91 Å². The highest BCUT2D eigenvalue weighted by Gasteiger charge is 2.20. The van der Waals surface area contributed by atoms with E-state index in [1.165, 1.54) is 0 Å². The lowest BCUT2D eigenvalue weighted by Crippen LogP contribution is -2.29. The summed E-state index contributed by atoms with van der Waals surface area (Å²) < 4.78 is 16.9. The first-order valence-corrected chi connectivity index (χ1v) is 9.53. The molecule has 2 atom stereocenters. The monoisotopic (exact) mass is 377 g/mol. The van der Waals surface area contributed by atoms with Gasteiger partial charge in [0.05, 0.1) is 12.4 Å². The summed E-state index contributed by atoms with van der Waals surface area (Å²) in [5, 5.41) is 3.05. The van der Waals surface area contributed by atoms with Crippen molar-refractivity contribution in [2.45, 2.75) is 25.0 Å². The fraction of sp³-hybridized carbons (Fsp3) is 0.261. The van der Waals surface area contributed by atoms with E-state index < -0.39 is 0 Å². The molecular weight excluding hydrogens is 354 g/mol. The maximum absolute atomic E-state index is 12.8. The van der Waals surface area contributed by atoms with Gasteiger partial charge < -0.3 is 19.2 Å². The Morgan fingerprint density at radius 1 is 1.07 bits per heavy atom. The van der Waals surface area contributed by atoms with Gasteiger partial charge in [-0.05, 0) is 54.8 Å². The average Bonchev–Trinajstić information content (AvgIpc) is 3.45. The zero-order valence-corrected chi connectivity index (χ0v) is 15.5. The van der Waals surface area contributed by atoms with Crippen molar-refractivity contribution in [3.8, 4) is 5.75 Å². The summed E-state index contributed by atoms with van der Waals surface area (Å²) in [7, 11) is 0. The molecule has 0 radical (unpaired) electrons. The Morgan fingerprint density at radius 2 is 1.89 bits per heavy atom. The van der Waals surface area contributed by atoms with E-state index in [9.17, 15) is 4.79 Å². The summed E-state index contributed by atoms with van der Waals surface area (Å²) in [5.41, 5.74) is 1.53. The standard InChI is InChI=1S/C23H23NO4/c25-23(18-10-12-19(13-11-18)28-16-20-8-4-14-26-20)24-22(21-9-5-15-27-21)17-6-2-1-3-7-17/h1-3,5-7,9-13,15,20,22H,4,8,14,16H2,(H,24,25). The quantitative estimate of drug-likeness (QED) is 0.665. The lowest BCUT2D eigenvalue weighted by atomic mass is 10.0. The van der Waals surface area contributed by atoms with Crippen LogP contribution in [0, 0.1) is 0 Å². The van der Waals surface area contributed by atoms with Crippen LogP contribution in [0.25, 0.3) is 0 Å². The number of ether oxygens (including phenoxy) is 2. The molecule has 2 heterocycles. The zero-order chi connectivity index (χ0) is 19.2. The average molecular weight is 377 g/mol. The Kier molecular flexibility index (Phi) is 5.73. The Labute approximate surface area is 164 Å². The third kappa shape index (κ3) is 4.43. The molecule has 4 rings (SSSR count). The van der Waals surface area contributed by atoms with Crippen molar-refractivity contribution in [3.63, 3.8) is 0 Å². The molecule has 2 aromatic carbocycles. The number of benzene rings is 2. The normalized spacial score (nSPS) is 17.2. The van der Waals surface area contributed by atoms with E-state index in [0.717, 1.165) is 30.8 Å². The van der Waals surface area contributed by atoms with Gasteiger partial charge in [0.1, 0.15) is 24.2 Å². The molecule has 1 aliphatic heterocycles. The van der Waals surface area contributed by atoms with Gasteiger partial charge in [0, 0.05) is 12.2 Å². The molecule has 0 saturated carbocycles. The Bertz CT molecular complexity index is 869. The van der Waals surface area contributed by atoms with Gasteiger partial charge in [-0.2, -0.15) is 0 Å². The number of carbonyl (C=O) groups excluding carboxylic acids is 1. The van der Waals surface area contributed by atoms with Gasteiger partial charge in [-0.15, -0.1) is 0 Å². The molecule has 1 N–H and O–H groups in total. The smallest absolute Gasteiger partial charge is 0.252 e. The topological polar surface area (TPSA) is 60.7 Å². The van der Waals surface area contributed by atoms with E-state index in [1.54, 1.807) is 18.4 Å². The van der Waals surface area contributed by atoms with Gasteiger partial charge in [0.15, 0.2) is 0 Å². The maximum Gasteiger partial charge on any atom is 0.252 e. The van der Waals surface area contributed by atoms with E-state index in [1.807, 2.05) is 54.6 Å². The summed E-state index contributed by atoms with van der Waals surface area (Å²) >= 11 is 0. The molecule has 1 aliphatic rings. The molecule has 5 nitrogen and oxygen atoms in total. The van der Waals surface area contributed by atoms with Crippen molar-refractivity contribution in [2.24, 2.45) is 0 Å². The van der Waals surface area contributed by atoms with Gasteiger partial charge in [0.2, 0.25) is 0 Å². The minimum atomic E-state index is -0.348. The first-order valence-electron chi connectivity index (χ1n) is 9.53. The molecule has 0 aliphatic carbocycles. The summed E-state index contributed by atoms with van der Waals surface area (Å²) in [5.74, 6) is 1.25. The minimum Gasteiger partial charge on any atom is -0.491 e. The van der Waals surface area contributed by atoms with E-state index >= 15 is 0 Å². The zero-order valence-electron chi connectivity index (χ0n) is 15.5.